The fourth-order valence-corrected chi connectivity index (χ4v) is 5.02. The van der Waals surface area contributed by atoms with Gasteiger partial charge in [0.25, 0.3) is 10.0 Å². The Balaban J connectivity index is 1.73. The minimum absolute atomic E-state index is 0.120. The van der Waals surface area contributed by atoms with Crippen molar-refractivity contribution >= 4 is 39.6 Å². The van der Waals surface area contributed by atoms with Crippen LogP contribution in [-0.4, -0.2) is 61.3 Å². The van der Waals surface area contributed by atoms with Crippen LogP contribution in [0.2, 0.25) is 0 Å². The van der Waals surface area contributed by atoms with E-state index in [4.69, 9.17) is 15.2 Å². The smallest absolute Gasteiger partial charge is 0.408 e. The van der Waals surface area contributed by atoms with Crippen LogP contribution in [0.1, 0.15) is 37.7 Å². The number of nitrogen functional groups attached to an aromatic ring is 1. The Labute approximate surface area is 250 Å². The van der Waals surface area contributed by atoms with Gasteiger partial charge in [-0.2, -0.15) is 4.31 Å². The predicted octanol–water partition coefficient (Wildman–Crippen LogP) is 2.62. The number of benzene rings is 2. The molecule has 3 aromatic rings. The number of ether oxygens (including phenoxy) is 2. The molecule has 0 bridgehead atoms. The van der Waals surface area contributed by atoms with E-state index in [1.807, 2.05) is 6.07 Å². The minimum Gasteiger partial charge on any atom is -0.444 e. The second-order valence-corrected chi connectivity index (χ2v) is 12.5. The highest BCUT2D eigenvalue weighted by Gasteiger charge is 2.30. The third-order valence-corrected chi connectivity index (χ3v) is 7.42. The number of aromatic nitrogens is 2. The fraction of sp³-hybridized carbons (Fsp3) is 0.345. The maximum atomic E-state index is 13.5. The maximum Gasteiger partial charge on any atom is 0.408 e. The summed E-state index contributed by atoms with van der Waals surface area (Å²) in [6.45, 7) is 7.03. The van der Waals surface area contributed by atoms with Gasteiger partial charge < -0.3 is 25.8 Å². The number of alkyl carbamates (subject to hydrolysis) is 1. The first-order valence-corrected chi connectivity index (χ1v) is 14.8. The summed E-state index contributed by atoms with van der Waals surface area (Å²) in [7, 11) is -4.28. The van der Waals surface area contributed by atoms with Crippen LogP contribution in [0.5, 0.6) is 0 Å². The van der Waals surface area contributed by atoms with Crippen molar-refractivity contribution in [1.29, 1.82) is 0 Å². The zero-order valence-electron chi connectivity index (χ0n) is 24.7. The molecular weight excluding hydrogens is 576 g/mol. The number of hydrogen-bond acceptors (Lipinski definition) is 10. The molecule has 0 radical (unpaired) electrons. The lowest BCUT2D eigenvalue weighted by molar-refractivity contribution is -0.143. The summed E-state index contributed by atoms with van der Waals surface area (Å²) in [6, 6.07) is 15.0. The minimum atomic E-state index is -4.28. The monoisotopic (exact) mass is 612 g/mol. The summed E-state index contributed by atoms with van der Waals surface area (Å²) < 4.78 is 38.3. The van der Waals surface area contributed by atoms with Gasteiger partial charge in [-0.3, -0.25) is 9.59 Å². The highest BCUT2D eigenvalue weighted by Crippen LogP contribution is 2.22. The number of carbonyl (C=O) groups is 3. The highest BCUT2D eigenvalue weighted by molar-refractivity contribution is 7.92. The Morgan fingerprint density at radius 2 is 1.58 bits per heavy atom. The van der Waals surface area contributed by atoms with Crippen LogP contribution in [0.4, 0.5) is 16.4 Å². The third-order valence-electron chi connectivity index (χ3n) is 5.70. The molecule has 0 spiro atoms. The lowest BCUT2D eigenvalue weighted by atomic mass is 10.1. The quantitative estimate of drug-likeness (QED) is 0.165. The first kappa shape index (κ1) is 32.8. The number of hydrogen-bond donors (Lipinski definition) is 3. The summed E-state index contributed by atoms with van der Waals surface area (Å²) in [5, 5.41) is 4.96. The number of amides is 2. The lowest BCUT2D eigenvalue weighted by Gasteiger charge is -2.24. The average Bonchev–Trinajstić information content (AvgIpc) is 2.90. The molecule has 0 saturated heterocycles. The number of rotatable bonds is 11. The predicted molar refractivity (Wildman–Crippen MR) is 159 cm³/mol. The summed E-state index contributed by atoms with van der Waals surface area (Å²) in [4.78, 5) is 46.4. The molecule has 1 unspecified atom stereocenters. The standard InChI is InChI=1S/C29H36N6O7S/c1-19-15-20(2)33-27(32-19)35(43(39,40)23-13-11-22(30)12-14-23)18-41-25(36)17-31-26(37)24(16-21-9-7-6-8-10-21)34-28(38)42-29(3,4)5/h6-15,24H,16-18,30H2,1-5H3,(H,31,37)(H,34,38). The number of sulfonamides is 1. The molecule has 230 valence electrons. The molecule has 1 aromatic heterocycles. The Kier molecular flexibility index (Phi) is 10.6. The van der Waals surface area contributed by atoms with Crippen LogP contribution in [0.25, 0.3) is 0 Å². The number of anilines is 2. The number of esters is 1. The van der Waals surface area contributed by atoms with Gasteiger partial charge >= 0.3 is 12.1 Å². The van der Waals surface area contributed by atoms with Gasteiger partial charge in [-0.25, -0.2) is 23.2 Å². The van der Waals surface area contributed by atoms with E-state index in [0.717, 1.165) is 9.87 Å². The van der Waals surface area contributed by atoms with E-state index in [1.165, 1.54) is 24.3 Å². The zero-order chi connectivity index (χ0) is 31.8. The number of carbonyl (C=O) groups excluding carboxylic acids is 3. The van der Waals surface area contributed by atoms with Crippen molar-refractivity contribution in [1.82, 2.24) is 20.6 Å². The van der Waals surface area contributed by atoms with Crippen molar-refractivity contribution in [3.63, 3.8) is 0 Å². The molecule has 1 heterocycles. The van der Waals surface area contributed by atoms with E-state index >= 15 is 0 Å². The Bertz CT molecular complexity index is 1520. The molecule has 0 aliphatic rings. The maximum absolute atomic E-state index is 13.5. The number of nitrogens with two attached hydrogens (primary N) is 1. The molecule has 2 amide bonds. The van der Waals surface area contributed by atoms with Crippen LogP contribution in [0, 0.1) is 13.8 Å². The first-order valence-electron chi connectivity index (χ1n) is 13.3. The van der Waals surface area contributed by atoms with Gasteiger partial charge in [-0.05, 0) is 70.5 Å². The first-order chi connectivity index (χ1) is 20.1. The van der Waals surface area contributed by atoms with Crippen LogP contribution in [-0.2, 0) is 35.5 Å². The van der Waals surface area contributed by atoms with E-state index < -0.39 is 52.9 Å². The summed E-state index contributed by atoms with van der Waals surface area (Å²) in [5.74, 6) is -1.81. The Morgan fingerprint density at radius 1 is 0.977 bits per heavy atom. The van der Waals surface area contributed by atoms with E-state index in [9.17, 15) is 22.8 Å². The summed E-state index contributed by atoms with van der Waals surface area (Å²) in [6.07, 6.45) is -0.679. The zero-order valence-corrected chi connectivity index (χ0v) is 25.5. The average molecular weight is 613 g/mol. The normalized spacial score (nSPS) is 12.1. The third kappa shape index (κ3) is 9.95. The number of nitrogens with zero attached hydrogens (tertiary/aromatic N) is 3. The van der Waals surface area contributed by atoms with Gasteiger partial charge in [0.05, 0.1) is 4.90 Å². The van der Waals surface area contributed by atoms with Crippen LogP contribution in [0.15, 0.2) is 65.6 Å². The molecule has 14 heteroatoms. The van der Waals surface area contributed by atoms with E-state index in [2.05, 4.69) is 20.6 Å². The van der Waals surface area contributed by atoms with Crippen molar-refractivity contribution < 1.29 is 32.3 Å². The van der Waals surface area contributed by atoms with Crippen molar-refractivity contribution in [2.45, 2.75) is 57.6 Å². The largest absolute Gasteiger partial charge is 0.444 e. The van der Waals surface area contributed by atoms with Crippen molar-refractivity contribution in [2.24, 2.45) is 0 Å². The molecule has 0 fully saturated rings. The van der Waals surface area contributed by atoms with Gasteiger partial charge in [0, 0.05) is 23.5 Å². The van der Waals surface area contributed by atoms with E-state index in [0.29, 0.717) is 17.1 Å². The molecule has 2 aromatic carbocycles. The Morgan fingerprint density at radius 3 is 2.16 bits per heavy atom. The number of aryl methyl sites for hydroxylation is 2. The molecule has 0 aliphatic heterocycles. The van der Waals surface area contributed by atoms with Crippen molar-refractivity contribution in [3.8, 4) is 0 Å². The van der Waals surface area contributed by atoms with E-state index in [-0.39, 0.29) is 17.3 Å². The lowest BCUT2D eigenvalue weighted by Crippen LogP contribution is -2.50. The van der Waals surface area contributed by atoms with Crippen molar-refractivity contribution in [3.05, 3.63) is 77.6 Å². The second kappa shape index (κ2) is 14.0. The van der Waals surface area contributed by atoms with Gasteiger partial charge in [0.15, 0.2) is 6.73 Å². The van der Waals surface area contributed by atoms with Gasteiger partial charge in [0.1, 0.15) is 18.2 Å². The SMILES string of the molecule is Cc1cc(C)nc(N(COC(=O)CNC(=O)C(Cc2ccccc2)NC(=O)OC(C)(C)C)S(=O)(=O)c2ccc(N)cc2)n1. The van der Waals surface area contributed by atoms with Crippen LogP contribution in [0.3, 0.4) is 0 Å². The fourth-order valence-electron chi connectivity index (χ4n) is 3.79. The molecule has 13 nitrogen and oxygen atoms in total. The Hall–Kier alpha value is -4.72. The topological polar surface area (TPSA) is 183 Å². The van der Waals surface area contributed by atoms with Crippen LogP contribution < -0.4 is 20.7 Å². The highest BCUT2D eigenvalue weighted by atomic mass is 32.2. The van der Waals surface area contributed by atoms with Crippen molar-refractivity contribution in [2.75, 3.05) is 23.3 Å². The molecular formula is C29H36N6O7S. The number of nitrogens with one attached hydrogen (secondary N) is 2. The van der Waals surface area contributed by atoms with Gasteiger partial charge in [0.2, 0.25) is 11.9 Å². The van der Waals surface area contributed by atoms with Gasteiger partial charge in [-0.1, -0.05) is 30.3 Å². The molecule has 4 N–H and O–H groups in total. The summed E-state index contributed by atoms with van der Waals surface area (Å²) in [5.41, 5.74) is 7.04. The molecule has 3 rings (SSSR count). The molecule has 43 heavy (non-hydrogen) atoms. The van der Waals surface area contributed by atoms with E-state index in [1.54, 1.807) is 65.0 Å². The second-order valence-electron chi connectivity index (χ2n) is 10.6. The molecule has 0 saturated carbocycles. The summed E-state index contributed by atoms with van der Waals surface area (Å²) >= 11 is 0. The van der Waals surface area contributed by atoms with Gasteiger partial charge in [-0.15, -0.1) is 0 Å². The van der Waals surface area contributed by atoms with Crippen LogP contribution >= 0.6 is 0 Å². The molecule has 0 aliphatic carbocycles. The molecule has 1 atom stereocenters.